The average Bonchev–Trinajstić information content (AvgIpc) is 3.52. The molecule has 0 radical (unpaired) electrons. The first-order valence-electron chi connectivity index (χ1n) is 8.37. The molecule has 1 aromatic carbocycles. The van der Waals surface area contributed by atoms with Gasteiger partial charge in [-0.2, -0.15) is 0 Å². The van der Waals surface area contributed by atoms with Crippen LogP contribution in [0.15, 0.2) is 35.4 Å². The maximum Gasteiger partial charge on any atom is 0.234 e. The SMILES string of the molecule is COc1cc(NC(=O)CSc2ccc(NC(=O)C3CC3)nn2)cc(OC)c1. The highest BCUT2D eigenvalue weighted by molar-refractivity contribution is 7.99. The lowest BCUT2D eigenvalue weighted by molar-refractivity contribution is -0.117. The smallest absolute Gasteiger partial charge is 0.234 e. The molecule has 8 nitrogen and oxygen atoms in total. The second-order valence-electron chi connectivity index (χ2n) is 5.96. The highest BCUT2D eigenvalue weighted by atomic mass is 32.2. The maximum absolute atomic E-state index is 12.2. The van der Waals surface area contributed by atoms with Crippen LogP contribution in [0.5, 0.6) is 11.5 Å². The van der Waals surface area contributed by atoms with E-state index < -0.39 is 0 Å². The molecule has 0 saturated heterocycles. The first-order chi connectivity index (χ1) is 13.1. The maximum atomic E-state index is 12.2. The van der Waals surface area contributed by atoms with Gasteiger partial charge in [-0.25, -0.2) is 0 Å². The summed E-state index contributed by atoms with van der Waals surface area (Å²) >= 11 is 1.25. The molecule has 0 unspecified atom stereocenters. The van der Waals surface area contributed by atoms with E-state index in [-0.39, 0.29) is 23.5 Å². The van der Waals surface area contributed by atoms with Gasteiger partial charge < -0.3 is 20.1 Å². The van der Waals surface area contributed by atoms with E-state index in [4.69, 9.17) is 9.47 Å². The molecule has 1 aliphatic rings. The molecule has 1 aromatic heterocycles. The van der Waals surface area contributed by atoms with Gasteiger partial charge in [0.15, 0.2) is 5.82 Å². The Morgan fingerprint density at radius 2 is 1.78 bits per heavy atom. The zero-order valence-electron chi connectivity index (χ0n) is 15.0. The van der Waals surface area contributed by atoms with E-state index in [0.29, 0.717) is 28.0 Å². The summed E-state index contributed by atoms with van der Waals surface area (Å²) in [7, 11) is 3.09. The average molecular weight is 388 g/mol. The fraction of sp³-hybridized carbons (Fsp3) is 0.333. The number of ether oxygens (including phenoxy) is 2. The molecule has 3 rings (SSSR count). The zero-order chi connectivity index (χ0) is 19.2. The number of aromatic nitrogens is 2. The molecular weight excluding hydrogens is 368 g/mol. The number of hydrogen-bond acceptors (Lipinski definition) is 7. The Kier molecular flexibility index (Phi) is 6.12. The van der Waals surface area contributed by atoms with E-state index in [9.17, 15) is 9.59 Å². The summed E-state index contributed by atoms with van der Waals surface area (Å²) in [6, 6.07) is 8.55. The van der Waals surface area contributed by atoms with Crippen molar-refractivity contribution in [3.8, 4) is 11.5 Å². The van der Waals surface area contributed by atoms with Gasteiger partial charge in [-0.1, -0.05) is 11.8 Å². The molecule has 2 N–H and O–H groups in total. The van der Waals surface area contributed by atoms with Crippen molar-refractivity contribution in [1.82, 2.24) is 10.2 Å². The molecule has 0 aliphatic heterocycles. The number of carbonyl (C=O) groups is 2. The van der Waals surface area contributed by atoms with Crippen LogP contribution < -0.4 is 20.1 Å². The van der Waals surface area contributed by atoms with Gasteiger partial charge in [-0.15, -0.1) is 10.2 Å². The molecule has 1 aliphatic carbocycles. The van der Waals surface area contributed by atoms with Crippen LogP contribution in [-0.2, 0) is 9.59 Å². The first kappa shape index (κ1) is 19.0. The fourth-order valence-electron chi connectivity index (χ4n) is 2.25. The minimum absolute atomic E-state index is 0.0159. The highest BCUT2D eigenvalue weighted by Crippen LogP contribution is 2.30. The number of amides is 2. The Morgan fingerprint density at radius 3 is 2.33 bits per heavy atom. The van der Waals surface area contributed by atoms with Crippen LogP contribution in [-0.4, -0.2) is 42.0 Å². The van der Waals surface area contributed by atoms with Gasteiger partial charge in [0.1, 0.15) is 16.5 Å². The number of carbonyl (C=O) groups excluding carboxylic acids is 2. The van der Waals surface area contributed by atoms with Gasteiger partial charge in [0.2, 0.25) is 11.8 Å². The largest absolute Gasteiger partial charge is 0.497 e. The Hall–Kier alpha value is -2.81. The summed E-state index contributed by atoms with van der Waals surface area (Å²) in [6.07, 6.45) is 1.86. The highest BCUT2D eigenvalue weighted by Gasteiger charge is 2.29. The molecule has 142 valence electrons. The van der Waals surface area contributed by atoms with Crippen LogP contribution in [0.3, 0.4) is 0 Å². The quantitative estimate of drug-likeness (QED) is 0.670. The number of nitrogens with one attached hydrogen (secondary N) is 2. The van der Waals surface area contributed by atoms with Crippen LogP contribution in [0.4, 0.5) is 11.5 Å². The lowest BCUT2D eigenvalue weighted by Gasteiger charge is -2.09. The Balaban J connectivity index is 1.50. The summed E-state index contributed by atoms with van der Waals surface area (Å²) in [4.78, 5) is 23.8. The van der Waals surface area contributed by atoms with Crippen molar-refractivity contribution in [3.05, 3.63) is 30.3 Å². The molecule has 2 amide bonds. The van der Waals surface area contributed by atoms with Crippen molar-refractivity contribution in [2.45, 2.75) is 17.9 Å². The number of rotatable bonds is 8. The van der Waals surface area contributed by atoms with Gasteiger partial charge in [0.05, 0.1) is 20.0 Å². The van der Waals surface area contributed by atoms with Crippen molar-refractivity contribution in [1.29, 1.82) is 0 Å². The third kappa shape index (κ3) is 5.58. The molecule has 9 heteroatoms. The molecule has 1 saturated carbocycles. The lowest BCUT2D eigenvalue weighted by Crippen LogP contribution is -2.15. The molecule has 1 fully saturated rings. The van der Waals surface area contributed by atoms with Crippen molar-refractivity contribution in [3.63, 3.8) is 0 Å². The third-order valence-electron chi connectivity index (χ3n) is 3.83. The molecule has 1 heterocycles. The second-order valence-corrected chi connectivity index (χ2v) is 6.95. The number of benzene rings is 1. The molecule has 0 spiro atoms. The molecule has 2 aromatic rings. The van der Waals surface area contributed by atoms with E-state index in [0.717, 1.165) is 12.8 Å². The van der Waals surface area contributed by atoms with Crippen LogP contribution in [0.1, 0.15) is 12.8 Å². The molecule has 0 bridgehead atoms. The van der Waals surface area contributed by atoms with Crippen molar-refractivity contribution < 1.29 is 19.1 Å². The summed E-state index contributed by atoms with van der Waals surface area (Å²) in [5.74, 6) is 1.67. The number of methoxy groups -OCH3 is 2. The summed E-state index contributed by atoms with van der Waals surface area (Å²) in [6.45, 7) is 0. The minimum Gasteiger partial charge on any atom is -0.497 e. The number of hydrogen-bond donors (Lipinski definition) is 2. The monoisotopic (exact) mass is 388 g/mol. The third-order valence-corrected chi connectivity index (χ3v) is 4.75. The number of thioether (sulfide) groups is 1. The standard InChI is InChI=1S/C18H20N4O4S/c1-25-13-7-12(8-14(9-13)26-2)19-16(23)10-27-17-6-5-15(21-22-17)20-18(24)11-3-4-11/h5-9,11H,3-4,10H2,1-2H3,(H,19,23)(H,20,21,24). The predicted octanol–water partition coefficient (Wildman–Crippen LogP) is 2.57. The zero-order valence-corrected chi connectivity index (χ0v) is 15.8. The fourth-order valence-corrected chi connectivity index (χ4v) is 2.87. The van der Waals surface area contributed by atoms with Crippen LogP contribution in [0.2, 0.25) is 0 Å². The topological polar surface area (TPSA) is 102 Å². The predicted molar refractivity (Wildman–Crippen MR) is 102 cm³/mol. The Labute approximate surface area is 161 Å². The van der Waals surface area contributed by atoms with Crippen molar-refractivity contribution in [2.24, 2.45) is 5.92 Å². The van der Waals surface area contributed by atoms with Crippen LogP contribution >= 0.6 is 11.8 Å². The molecule has 0 atom stereocenters. The van der Waals surface area contributed by atoms with Crippen molar-refractivity contribution >= 4 is 35.1 Å². The lowest BCUT2D eigenvalue weighted by atomic mass is 10.2. The van der Waals surface area contributed by atoms with Gasteiger partial charge in [0.25, 0.3) is 0 Å². The first-order valence-corrected chi connectivity index (χ1v) is 9.36. The molecular formula is C18H20N4O4S. The van der Waals surface area contributed by atoms with E-state index in [2.05, 4.69) is 20.8 Å². The van der Waals surface area contributed by atoms with Gasteiger partial charge >= 0.3 is 0 Å². The van der Waals surface area contributed by atoms with Crippen LogP contribution in [0, 0.1) is 5.92 Å². The van der Waals surface area contributed by atoms with E-state index in [1.165, 1.54) is 11.8 Å². The van der Waals surface area contributed by atoms with Crippen molar-refractivity contribution in [2.75, 3.05) is 30.6 Å². The van der Waals surface area contributed by atoms with E-state index in [1.807, 2.05) is 0 Å². The Morgan fingerprint density at radius 1 is 1.07 bits per heavy atom. The van der Waals surface area contributed by atoms with Gasteiger partial charge in [-0.05, 0) is 25.0 Å². The second kappa shape index (κ2) is 8.72. The number of anilines is 2. The van der Waals surface area contributed by atoms with Gasteiger partial charge in [-0.3, -0.25) is 9.59 Å². The number of nitrogens with zero attached hydrogens (tertiary/aromatic N) is 2. The van der Waals surface area contributed by atoms with E-state index in [1.54, 1.807) is 44.6 Å². The summed E-state index contributed by atoms with van der Waals surface area (Å²) in [5, 5.41) is 14.1. The van der Waals surface area contributed by atoms with E-state index >= 15 is 0 Å². The molecule has 27 heavy (non-hydrogen) atoms. The van der Waals surface area contributed by atoms with Gasteiger partial charge in [0, 0.05) is 29.8 Å². The Bertz CT molecular complexity index is 802. The van der Waals surface area contributed by atoms with Crippen LogP contribution in [0.25, 0.3) is 0 Å². The minimum atomic E-state index is -0.191. The normalized spacial score (nSPS) is 13.0. The summed E-state index contributed by atoms with van der Waals surface area (Å²) < 4.78 is 10.4. The summed E-state index contributed by atoms with van der Waals surface area (Å²) in [5.41, 5.74) is 0.584.